The first kappa shape index (κ1) is 20.6. The Bertz CT molecular complexity index is 984. The number of nitrogens with one attached hydrogen (secondary N) is 2. The normalized spacial score (nSPS) is 12.2. The summed E-state index contributed by atoms with van der Waals surface area (Å²) in [5, 5.41) is 4.30. The van der Waals surface area contributed by atoms with E-state index in [1.165, 1.54) is 38.2 Å². The third-order valence-electron chi connectivity index (χ3n) is 3.47. The highest BCUT2D eigenvalue weighted by atomic mass is 32.2. The first-order valence-corrected chi connectivity index (χ1v) is 9.94. The van der Waals surface area contributed by atoms with Gasteiger partial charge in [-0.25, -0.2) is 17.9 Å². The van der Waals surface area contributed by atoms with Crippen molar-refractivity contribution in [3.05, 3.63) is 46.8 Å². The van der Waals surface area contributed by atoms with Gasteiger partial charge >= 0.3 is 5.97 Å². The Kier molecular flexibility index (Phi) is 6.31. The van der Waals surface area contributed by atoms with Gasteiger partial charge in [-0.2, -0.15) is 0 Å². The van der Waals surface area contributed by atoms with Gasteiger partial charge in [0, 0.05) is 0 Å². The van der Waals surface area contributed by atoms with Crippen LogP contribution in [-0.2, 0) is 19.6 Å². The molecular weight excluding hydrogens is 394 g/mol. The van der Waals surface area contributed by atoms with Crippen LogP contribution in [0.25, 0.3) is 0 Å². The second-order valence-electron chi connectivity index (χ2n) is 5.30. The Morgan fingerprint density at radius 3 is 2.56 bits per heavy atom. The quantitative estimate of drug-likeness (QED) is 0.578. The zero-order chi connectivity index (χ0) is 20.2. The standard InChI is InChI=1S/C16H17N3O6S2/c1-9(14(21)19-15-12(13(17)20)6-7-26-15)25-16(22)10-4-3-5-11(8-10)27(23,24)18-2/h3-9,18H,1-2H3,(H2,17,20)(H,19,21). The van der Waals surface area contributed by atoms with Crippen molar-refractivity contribution in [2.24, 2.45) is 5.73 Å². The maximum absolute atomic E-state index is 12.2. The SMILES string of the molecule is CNS(=O)(=O)c1cccc(C(=O)OC(C)C(=O)Nc2sccc2C(N)=O)c1. The number of hydrogen-bond donors (Lipinski definition) is 3. The zero-order valence-electron chi connectivity index (χ0n) is 14.4. The summed E-state index contributed by atoms with van der Waals surface area (Å²) >= 11 is 1.10. The van der Waals surface area contributed by atoms with Crippen molar-refractivity contribution in [1.82, 2.24) is 4.72 Å². The lowest BCUT2D eigenvalue weighted by atomic mass is 10.2. The summed E-state index contributed by atoms with van der Waals surface area (Å²) in [4.78, 5) is 35.6. The molecule has 2 amide bonds. The molecular formula is C16H17N3O6S2. The molecule has 1 aromatic heterocycles. The van der Waals surface area contributed by atoms with Crippen LogP contribution < -0.4 is 15.8 Å². The van der Waals surface area contributed by atoms with Crippen molar-refractivity contribution in [1.29, 1.82) is 0 Å². The minimum Gasteiger partial charge on any atom is -0.449 e. The van der Waals surface area contributed by atoms with Crippen LogP contribution in [0.3, 0.4) is 0 Å². The summed E-state index contributed by atoms with van der Waals surface area (Å²) < 4.78 is 30.8. The molecule has 11 heteroatoms. The number of esters is 1. The monoisotopic (exact) mass is 411 g/mol. The van der Waals surface area contributed by atoms with Gasteiger partial charge < -0.3 is 15.8 Å². The molecule has 2 aromatic rings. The zero-order valence-corrected chi connectivity index (χ0v) is 16.0. The lowest BCUT2D eigenvalue weighted by molar-refractivity contribution is -0.123. The molecule has 1 aromatic carbocycles. The van der Waals surface area contributed by atoms with Crippen LogP contribution >= 0.6 is 11.3 Å². The molecule has 0 spiro atoms. The van der Waals surface area contributed by atoms with E-state index in [0.29, 0.717) is 0 Å². The van der Waals surface area contributed by atoms with E-state index in [-0.39, 0.29) is 21.0 Å². The Morgan fingerprint density at radius 2 is 1.93 bits per heavy atom. The molecule has 0 aliphatic carbocycles. The van der Waals surface area contributed by atoms with Crippen LogP contribution in [0.15, 0.2) is 40.6 Å². The van der Waals surface area contributed by atoms with E-state index in [1.807, 2.05) is 0 Å². The Balaban J connectivity index is 2.09. The number of ether oxygens (including phenoxy) is 1. The summed E-state index contributed by atoms with van der Waals surface area (Å²) in [6.07, 6.45) is -1.19. The molecule has 0 saturated carbocycles. The molecule has 0 fully saturated rings. The Labute approximate surface area is 159 Å². The number of anilines is 1. The first-order chi connectivity index (χ1) is 12.7. The van der Waals surface area contributed by atoms with Crippen LogP contribution in [0.5, 0.6) is 0 Å². The lowest BCUT2D eigenvalue weighted by Gasteiger charge is -2.13. The average molecular weight is 411 g/mol. The molecule has 27 heavy (non-hydrogen) atoms. The van der Waals surface area contributed by atoms with Crippen LogP contribution in [0.1, 0.15) is 27.6 Å². The summed E-state index contributed by atoms with van der Waals surface area (Å²) in [5.74, 6) is -2.22. The molecule has 1 unspecified atom stereocenters. The van der Waals surface area contributed by atoms with Gasteiger partial charge in [-0.05, 0) is 43.6 Å². The predicted molar refractivity (Wildman–Crippen MR) is 99.0 cm³/mol. The van der Waals surface area contributed by atoms with Gasteiger partial charge in [0.15, 0.2) is 6.10 Å². The van der Waals surface area contributed by atoms with Gasteiger partial charge in [-0.1, -0.05) is 6.07 Å². The number of sulfonamides is 1. The van der Waals surface area contributed by atoms with Crippen molar-refractivity contribution in [3.8, 4) is 0 Å². The molecule has 0 radical (unpaired) electrons. The molecule has 0 bridgehead atoms. The average Bonchev–Trinajstić information content (AvgIpc) is 3.10. The third kappa shape index (κ3) is 4.90. The molecule has 2 rings (SSSR count). The topological polar surface area (TPSA) is 145 Å². The molecule has 1 heterocycles. The minimum absolute atomic E-state index is 0.0278. The number of carbonyl (C=O) groups excluding carboxylic acids is 3. The predicted octanol–water partition coefficient (Wildman–Crippen LogP) is 0.939. The van der Waals surface area contributed by atoms with Crippen molar-refractivity contribution >= 4 is 44.1 Å². The molecule has 0 aliphatic heterocycles. The highest BCUT2D eigenvalue weighted by Gasteiger charge is 2.22. The van der Waals surface area contributed by atoms with Gasteiger partial charge in [0.05, 0.1) is 16.0 Å². The number of carbonyl (C=O) groups is 3. The fraction of sp³-hybridized carbons (Fsp3) is 0.188. The maximum Gasteiger partial charge on any atom is 0.338 e. The highest BCUT2D eigenvalue weighted by molar-refractivity contribution is 7.89. The minimum atomic E-state index is -3.73. The van der Waals surface area contributed by atoms with Gasteiger partial charge in [0.2, 0.25) is 10.0 Å². The summed E-state index contributed by atoms with van der Waals surface area (Å²) in [6, 6.07) is 6.68. The van der Waals surface area contributed by atoms with Gasteiger partial charge in [0.25, 0.3) is 11.8 Å². The van der Waals surface area contributed by atoms with Gasteiger partial charge in [0.1, 0.15) is 5.00 Å². The smallest absolute Gasteiger partial charge is 0.338 e. The molecule has 4 N–H and O–H groups in total. The maximum atomic E-state index is 12.2. The largest absolute Gasteiger partial charge is 0.449 e. The van der Waals surface area contributed by atoms with Crippen LogP contribution in [0.4, 0.5) is 5.00 Å². The van der Waals surface area contributed by atoms with E-state index in [4.69, 9.17) is 10.5 Å². The van der Waals surface area contributed by atoms with E-state index < -0.39 is 33.9 Å². The van der Waals surface area contributed by atoms with E-state index in [9.17, 15) is 22.8 Å². The summed E-state index contributed by atoms with van der Waals surface area (Å²) in [5.41, 5.74) is 5.33. The fourth-order valence-corrected chi connectivity index (χ4v) is 3.57. The molecule has 0 saturated heterocycles. The van der Waals surface area contributed by atoms with Gasteiger partial charge in [-0.3, -0.25) is 9.59 Å². The van der Waals surface area contributed by atoms with Crippen LogP contribution in [-0.4, -0.2) is 39.4 Å². The number of nitrogens with two attached hydrogens (primary N) is 1. The van der Waals surface area contributed by atoms with Crippen LogP contribution in [0.2, 0.25) is 0 Å². The number of primary amides is 1. The third-order valence-corrected chi connectivity index (χ3v) is 5.71. The fourth-order valence-electron chi connectivity index (χ4n) is 2.00. The van der Waals surface area contributed by atoms with Gasteiger partial charge in [-0.15, -0.1) is 11.3 Å². The van der Waals surface area contributed by atoms with E-state index >= 15 is 0 Å². The van der Waals surface area contributed by atoms with E-state index in [0.717, 1.165) is 17.4 Å². The van der Waals surface area contributed by atoms with Crippen molar-refractivity contribution in [2.45, 2.75) is 17.9 Å². The van der Waals surface area contributed by atoms with Crippen LogP contribution in [0, 0.1) is 0 Å². The van der Waals surface area contributed by atoms with E-state index in [1.54, 1.807) is 5.38 Å². The number of rotatable bonds is 7. The highest BCUT2D eigenvalue weighted by Crippen LogP contribution is 2.23. The second kappa shape index (κ2) is 8.29. The second-order valence-corrected chi connectivity index (χ2v) is 8.10. The van der Waals surface area contributed by atoms with Crippen molar-refractivity contribution < 1.29 is 27.5 Å². The van der Waals surface area contributed by atoms with Crippen molar-refractivity contribution in [3.63, 3.8) is 0 Å². The number of thiophene rings is 1. The Hall–Kier alpha value is -2.76. The summed E-state index contributed by atoms with van der Waals surface area (Å²) in [7, 11) is -2.48. The summed E-state index contributed by atoms with van der Waals surface area (Å²) in [6.45, 7) is 1.35. The first-order valence-electron chi connectivity index (χ1n) is 7.58. The number of hydrogen-bond acceptors (Lipinski definition) is 7. The Morgan fingerprint density at radius 1 is 1.22 bits per heavy atom. The number of amides is 2. The van der Waals surface area contributed by atoms with E-state index in [2.05, 4.69) is 10.0 Å². The molecule has 144 valence electrons. The number of benzene rings is 1. The molecule has 9 nitrogen and oxygen atoms in total. The lowest BCUT2D eigenvalue weighted by Crippen LogP contribution is -2.30. The molecule has 1 atom stereocenters. The van der Waals surface area contributed by atoms with Crippen molar-refractivity contribution in [2.75, 3.05) is 12.4 Å². The molecule has 0 aliphatic rings.